The lowest BCUT2D eigenvalue weighted by atomic mass is 10.1. The second-order valence-electron chi connectivity index (χ2n) is 6.26. The van der Waals surface area contributed by atoms with Crippen LogP contribution in [-0.2, 0) is 11.3 Å². The van der Waals surface area contributed by atoms with Crippen LogP contribution in [0.15, 0.2) is 67.0 Å². The van der Waals surface area contributed by atoms with E-state index in [0.29, 0.717) is 18.0 Å². The standard InChI is InChI=1S/C22H23N3O3/c1-24(15-17-14-23-25(16-17)19-7-5-4-6-8-19)22(26)12-10-18-9-11-20(27-2)13-21(18)28-3/h4-14,16H,15H2,1-3H3/b12-10+. The Bertz CT molecular complexity index is 964. The summed E-state index contributed by atoms with van der Waals surface area (Å²) in [5, 5.41) is 4.36. The molecule has 0 aliphatic rings. The molecule has 0 aliphatic heterocycles. The Kier molecular flexibility index (Phi) is 6.11. The Labute approximate surface area is 164 Å². The molecule has 28 heavy (non-hydrogen) atoms. The molecule has 0 bridgehead atoms. The van der Waals surface area contributed by atoms with Crippen LogP contribution in [0.4, 0.5) is 0 Å². The molecular weight excluding hydrogens is 354 g/mol. The molecule has 0 saturated heterocycles. The van der Waals surface area contributed by atoms with Gasteiger partial charge in [-0.25, -0.2) is 4.68 Å². The van der Waals surface area contributed by atoms with Gasteiger partial charge in [-0.2, -0.15) is 5.10 Å². The van der Waals surface area contributed by atoms with Crippen molar-refractivity contribution in [3.8, 4) is 17.2 Å². The Balaban J connectivity index is 1.65. The Hall–Kier alpha value is -3.54. The molecule has 3 rings (SSSR count). The van der Waals surface area contributed by atoms with Gasteiger partial charge in [-0.3, -0.25) is 4.79 Å². The van der Waals surface area contributed by atoms with Gasteiger partial charge in [0.15, 0.2) is 0 Å². The van der Waals surface area contributed by atoms with Crippen molar-refractivity contribution in [2.45, 2.75) is 6.54 Å². The lowest BCUT2D eigenvalue weighted by molar-refractivity contribution is -0.125. The van der Waals surface area contributed by atoms with Crippen molar-refractivity contribution in [3.63, 3.8) is 0 Å². The number of hydrogen-bond acceptors (Lipinski definition) is 4. The molecule has 0 unspecified atom stereocenters. The predicted octanol–water partition coefficient (Wildman–Crippen LogP) is 3.56. The molecule has 2 aromatic carbocycles. The minimum absolute atomic E-state index is 0.106. The van der Waals surface area contributed by atoms with Gasteiger partial charge in [0.2, 0.25) is 5.91 Å². The van der Waals surface area contributed by atoms with E-state index in [1.54, 1.807) is 49.2 Å². The number of hydrogen-bond donors (Lipinski definition) is 0. The summed E-state index contributed by atoms with van der Waals surface area (Å²) in [4.78, 5) is 14.1. The van der Waals surface area contributed by atoms with Crippen molar-refractivity contribution in [1.82, 2.24) is 14.7 Å². The molecule has 0 saturated carbocycles. The first kappa shape index (κ1) is 19.2. The van der Waals surface area contributed by atoms with E-state index in [9.17, 15) is 4.79 Å². The molecule has 0 radical (unpaired) electrons. The van der Waals surface area contributed by atoms with Gasteiger partial charge in [-0.15, -0.1) is 0 Å². The zero-order chi connectivity index (χ0) is 19.9. The molecule has 0 spiro atoms. The van der Waals surface area contributed by atoms with Crippen LogP contribution in [0.5, 0.6) is 11.5 Å². The fraction of sp³-hybridized carbons (Fsp3) is 0.182. The monoisotopic (exact) mass is 377 g/mol. The van der Waals surface area contributed by atoms with Crippen molar-refractivity contribution in [2.24, 2.45) is 0 Å². The fourth-order valence-corrected chi connectivity index (χ4v) is 2.76. The SMILES string of the molecule is COc1ccc(/C=C/C(=O)N(C)Cc2cnn(-c3ccccc3)c2)c(OC)c1. The maximum absolute atomic E-state index is 12.5. The molecule has 0 atom stereocenters. The van der Waals surface area contributed by atoms with Crippen LogP contribution in [0.25, 0.3) is 11.8 Å². The maximum atomic E-state index is 12.5. The van der Waals surface area contributed by atoms with Crippen LogP contribution in [0.2, 0.25) is 0 Å². The molecular formula is C22H23N3O3. The number of methoxy groups -OCH3 is 2. The van der Waals surface area contributed by atoms with Gasteiger partial charge in [0.25, 0.3) is 0 Å². The van der Waals surface area contributed by atoms with E-state index in [1.165, 1.54) is 6.08 Å². The Morgan fingerprint density at radius 1 is 1.14 bits per heavy atom. The van der Waals surface area contributed by atoms with E-state index in [0.717, 1.165) is 16.8 Å². The van der Waals surface area contributed by atoms with E-state index in [2.05, 4.69) is 5.10 Å². The number of rotatable bonds is 7. The van der Waals surface area contributed by atoms with Crippen molar-refractivity contribution in [2.75, 3.05) is 21.3 Å². The number of carbonyl (C=O) groups excluding carboxylic acids is 1. The number of carbonyl (C=O) groups is 1. The number of para-hydroxylation sites is 1. The number of aromatic nitrogens is 2. The van der Waals surface area contributed by atoms with Gasteiger partial charge in [0, 0.05) is 43.1 Å². The summed E-state index contributed by atoms with van der Waals surface area (Å²) >= 11 is 0. The number of amides is 1. The first-order valence-electron chi connectivity index (χ1n) is 8.85. The average molecular weight is 377 g/mol. The topological polar surface area (TPSA) is 56.6 Å². The summed E-state index contributed by atoms with van der Waals surface area (Å²) in [5.41, 5.74) is 2.74. The highest BCUT2D eigenvalue weighted by Crippen LogP contribution is 2.25. The highest BCUT2D eigenvalue weighted by atomic mass is 16.5. The van der Waals surface area contributed by atoms with E-state index >= 15 is 0 Å². The average Bonchev–Trinajstić information content (AvgIpc) is 3.20. The zero-order valence-corrected chi connectivity index (χ0v) is 16.2. The van der Waals surface area contributed by atoms with Crippen LogP contribution in [-0.4, -0.2) is 41.9 Å². The molecule has 1 aromatic heterocycles. The van der Waals surface area contributed by atoms with Gasteiger partial charge in [0.05, 0.1) is 26.1 Å². The fourth-order valence-electron chi connectivity index (χ4n) is 2.76. The van der Waals surface area contributed by atoms with Crippen LogP contribution in [0.1, 0.15) is 11.1 Å². The van der Waals surface area contributed by atoms with Crippen molar-refractivity contribution >= 4 is 12.0 Å². The first-order valence-corrected chi connectivity index (χ1v) is 8.85. The van der Waals surface area contributed by atoms with Gasteiger partial charge in [-0.05, 0) is 30.3 Å². The molecule has 1 amide bonds. The van der Waals surface area contributed by atoms with Crippen LogP contribution < -0.4 is 9.47 Å². The third kappa shape index (κ3) is 4.59. The Morgan fingerprint density at radius 3 is 2.64 bits per heavy atom. The minimum Gasteiger partial charge on any atom is -0.497 e. The molecule has 6 heteroatoms. The third-order valence-corrected chi connectivity index (χ3v) is 4.30. The highest BCUT2D eigenvalue weighted by Gasteiger charge is 2.09. The molecule has 0 aliphatic carbocycles. The second-order valence-corrected chi connectivity index (χ2v) is 6.26. The summed E-state index contributed by atoms with van der Waals surface area (Å²) in [6.45, 7) is 0.468. The van der Waals surface area contributed by atoms with E-state index < -0.39 is 0 Å². The van der Waals surface area contributed by atoms with E-state index in [1.807, 2.05) is 48.7 Å². The summed E-state index contributed by atoms with van der Waals surface area (Å²) in [5.74, 6) is 1.24. The molecule has 1 heterocycles. The van der Waals surface area contributed by atoms with Crippen LogP contribution >= 0.6 is 0 Å². The summed E-state index contributed by atoms with van der Waals surface area (Å²) < 4.78 is 12.3. The smallest absolute Gasteiger partial charge is 0.246 e. The normalized spacial score (nSPS) is 10.8. The number of likely N-dealkylation sites (N-methyl/N-ethyl adjacent to an activating group) is 1. The minimum atomic E-state index is -0.106. The van der Waals surface area contributed by atoms with Crippen molar-refractivity contribution in [1.29, 1.82) is 0 Å². The molecule has 3 aromatic rings. The third-order valence-electron chi connectivity index (χ3n) is 4.30. The number of nitrogens with zero attached hydrogens (tertiary/aromatic N) is 3. The molecule has 0 N–H and O–H groups in total. The van der Waals surface area contributed by atoms with E-state index in [4.69, 9.17) is 9.47 Å². The lowest BCUT2D eigenvalue weighted by Crippen LogP contribution is -2.23. The lowest BCUT2D eigenvalue weighted by Gasteiger charge is -2.14. The van der Waals surface area contributed by atoms with Crippen molar-refractivity contribution < 1.29 is 14.3 Å². The predicted molar refractivity (Wildman–Crippen MR) is 109 cm³/mol. The molecule has 6 nitrogen and oxygen atoms in total. The summed E-state index contributed by atoms with van der Waals surface area (Å²) in [7, 11) is 4.95. The van der Waals surface area contributed by atoms with Crippen LogP contribution in [0.3, 0.4) is 0 Å². The summed E-state index contributed by atoms with van der Waals surface area (Å²) in [6.07, 6.45) is 6.97. The number of ether oxygens (including phenoxy) is 2. The van der Waals surface area contributed by atoms with E-state index in [-0.39, 0.29) is 5.91 Å². The second kappa shape index (κ2) is 8.90. The largest absolute Gasteiger partial charge is 0.497 e. The van der Waals surface area contributed by atoms with Crippen molar-refractivity contribution in [3.05, 3.63) is 78.1 Å². The van der Waals surface area contributed by atoms with Crippen LogP contribution in [0, 0.1) is 0 Å². The number of benzene rings is 2. The van der Waals surface area contributed by atoms with Gasteiger partial charge in [0.1, 0.15) is 11.5 Å². The quantitative estimate of drug-likeness (QED) is 0.591. The molecule has 144 valence electrons. The summed E-state index contributed by atoms with van der Waals surface area (Å²) in [6, 6.07) is 15.3. The van der Waals surface area contributed by atoms with Gasteiger partial charge >= 0.3 is 0 Å². The van der Waals surface area contributed by atoms with Gasteiger partial charge in [-0.1, -0.05) is 18.2 Å². The zero-order valence-electron chi connectivity index (χ0n) is 16.2. The maximum Gasteiger partial charge on any atom is 0.246 e. The molecule has 0 fully saturated rings. The Morgan fingerprint density at radius 2 is 1.93 bits per heavy atom. The highest BCUT2D eigenvalue weighted by molar-refractivity contribution is 5.92. The first-order chi connectivity index (χ1) is 13.6. The van der Waals surface area contributed by atoms with Gasteiger partial charge < -0.3 is 14.4 Å².